The average molecular weight is 272 g/mol. The summed E-state index contributed by atoms with van der Waals surface area (Å²) in [5.74, 6) is -2.16. The topological polar surface area (TPSA) is 87.0 Å². The normalized spacial score (nSPS) is 21.1. The molecule has 102 valence electrons. The van der Waals surface area contributed by atoms with E-state index >= 15 is 0 Å². The number of rotatable bonds is 1. The standard InChI is InChI=1S/C15H12O5/c16-10-6-9-12(7-11(10)17)20-15(19)13(14(9)18)8-4-2-1-3-5-8/h1-7,13-14,16-18H. The van der Waals surface area contributed by atoms with Crippen LogP contribution in [0.3, 0.4) is 0 Å². The van der Waals surface area contributed by atoms with E-state index in [1.165, 1.54) is 6.07 Å². The van der Waals surface area contributed by atoms with Gasteiger partial charge in [0.05, 0.1) is 0 Å². The van der Waals surface area contributed by atoms with E-state index in [0.29, 0.717) is 5.56 Å². The van der Waals surface area contributed by atoms with Crippen molar-refractivity contribution in [1.82, 2.24) is 0 Å². The Morgan fingerprint density at radius 2 is 1.65 bits per heavy atom. The number of carbonyl (C=O) groups excluding carboxylic acids is 1. The molecule has 0 amide bonds. The van der Waals surface area contributed by atoms with Crippen LogP contribution in [-0.2, 0) is 4.79 Å². The number of aromatic hydroxyl groups is 2. The second-order valence-electron chi connectivity index (χ2n) is 4.63. The van der Waals surface area contributed by atoms with Gasteiger partial charge in [0.1, 0.15) is 17.8 Å². The number of carbonyl (C=O) groups is 1. The van der Waals surface area contributed by atoms with E-state index in [2.05, 4.69) is 0 Å². The first-order valence-corrected chi connectivity index (χ1v) is 6.08. The number of phenolic OH excluding ortho intramolecular Hbond substituents is 2. The molecule has 2 aromatic carbocycles. The summed E-state index contributed by atoms with van der Waals surface area (Å²) < 4.78 is 5.14. The molecule has 0 aliphatic carbocycles. The van der Waals surface area contributed by atoms with Crippen molar-refractivity contribution in [2.75, 3.05) is 0 Å². The molecule has 0 radical (unpaired) electrons. The van der Waals surface area contributed by atoms with Crippen LogP contribution in [0.2, 0.25) is 0 Å². The number of fused-ring (bicyclic) bond motifs is 1. The molecule has 1 aliphatic heterocycles. The first-order chi connectivity index (χ1) is 9.58. The van der Waals surface area contributed by atoms with Crippen molar-refractivity contribution >= 4 is 5.97 Å². The lowest BCUT2D eigenvalue weighted by Crippen LogP contribution is -2.29. The van der Waals surface area contributed by atoms with Gasteiger partial charge in [-0.05, 0) is 11.6 Å². The van der Waals surface area contributed by atoms with Gasteiger partial charge in [-0.25, -0.2) is 0 Å². The molecule has 1 heterocycles. The van der Waals surface area contributed by atoms with Gasteiger partial charge in [0.15, 0.2) is 11.5 Å². The summed E-state index contributed by atoms with van der Waals surface area (Å²) in [6, 6.07) is 11.1. The third kappa shape index (κ3) is 1.88. The summed E-state index contributed by atoms with van der Waals surface area (Å²) in [4.78, 5) is 12.0. The summed E-state index contributed by atoms with van der Waals surface area (Å²) >= 11 is 0. The maximum atomic E-state index is 12.0. The van der Waals surface area contributed by atoms with Crippen LogP contribution in [-0.4, -0.2) is 21.3 Å². The van der Waals surface area contributed by atoms with Gasteiger partial charge in [-0.3, -0.25) is 4.79 Å². The number of aliphatic hydroxyl groups is 1. The molecular formula is C15H12O5. The van der Waals surface area contributed by atoms with Crippen LogP contribution < -0.4 is 4.74 Å². The first kappa shape index (κ1) is 12.5. The molecule has 3 rings (SSSR count). The SMILES string of the molecule is O=C1Oc2cc(O)c(O)cc2C(O)C1c1ccccc1. The van der Waals surface area contributed by atoms with Crippen molar-refractivity contribution in [1.29, 1.82) is 0 Å². The minimum atomic E-state index is -1.14. The Hall–Kier alpha value is -2.53. The van der Waals surface area contributed by atoms with Crippen LogP contribution in [0.5, 0.6) is 17.2 Å². The van der Waals surface area contributed by atoms with Gasteiger partial charge in [-0.15, -0.1) is 0 Å². The zero-order valence-corrected chi connectivity index (χ0v) is 10.4. The van der Waals surface area contributed by atoms with Gasteiger partial charge >= 0.3 is 5.97 Å². The Kier molecular flexibility index (Phi) is 2.84. The quantitative estimate of drug-likeness (QED) is 0.419. The smallest absolute Gasteiger partial charge is 0.321 e. The fourth-order valence-electron chi connectivity index (χ4n) is 2.35. The molecule has 5 heteroatoms. The Bertz CT molecular complexity index is 665. The molecule has 2 aromatic rings. The fraction of sp³-hybridized carbons (Fsp3) is 0.133. The molecule has 2 unspecified atom stereocenters. The van der Waals surface area contributed by atoms with Crippen LogP contribution in [0.25, 0.3) is 0 Å². The van der Waals surface area contributed by atoms with Gasteiger partial charge in [-0.2, -0.15) is 0 Å². The van der Waals surface area contributed by atoms with Crippen molar-refractivity contribution in [3.05, 3.63) is 53.6 Å². The number of esters is 1. The Morgan fingerprint density at radius 1 is 1.00 bits per heavy atom. The Balaban J connectivity index is 2.09. The van der Waals surface area contributed by atoms with Crippen molar-refractivity contribution in [2.45, 2.75) is 12.0 Å². The highest BCUT2D eigenvalue weighted by molar-refractivity contribution is 5.84. The van der Waals surface area contributed by atoms with Crippen LogP contribution >= 0.6 is 0 Å². The molecule has 1 aliphatic rings. The highest BCUT2D eigenvalue weighted by atomic mass is 16.5. The van der Waals surface area contributed by atoms with Crippen LogP contribution in [0.15, 0.2) is 42.5 Å². The van der Waals surface area contributed by atoms with E-state index in [9.17, 15) is 20.1 Å². The van der Waals surface area contributed by atoms with E-state index in [0.717, 1.165) is 6.07 Å². The lowest BCUT2D eigenvalue weighted by atomic mass is 9.87. The molecule has 0 saturated heterocycles. The first-order valence-electron chi connectivity index (χ1n) is 6.08. The highest BCUT2D eigenvalue weighted by Gasteiger charge is 2.38. The zero-order valence-electron chi connectivity index (χ0n) is 10.4. The zero-order chi connectivity index (χ0) is 14.3. The monoisotopic (exact) mass is 272 g/mol. The second kappa shape index (κ2) is 4.54. The number of ether oxygens (including phenoxy) is 1. The lowest BCUT2D eigenvalue weighted by Gasteiger charge is -2.28. The fourth-order valence-corrected chi connectivity index (χ4v) is 2.35. The Morgan fingerprint density at radius 3 is 2.35 bits per heavy atom. The number of hydrogen-bond acceptors (Lipinski definition) is 5. The second-order valence-corrected chi connectivity index (χ2v) is 4.63. The highest BCUT2D eigenvalue weighted by Crippen LogP contribution is 2.45. The predicted molar refractivity (Wildman–Crippen MR) is 69.5 cm³/mol. The molecule has 20 heavy (non-hydrogen) atoms. The summed E-state index contributed by atoms with van der Waals surface area (Å²) in [7, 11) is 0. The van der Waals surface area contributed by atoms with Gasteiger partial charge in [0.25, 0.3) is 0 Å². The summed E-state index contributed by atoms with van der Waals surface area (Å²) in [6.07, 6.45) is -1.14. The third-order valence-corrected chi connectivity index (χ3v) is 3.36. The third-order valence-electron chi connectivity index (χ3n) is 3.36. The van der Waals surface area contributed by atoms with Crippen LogP contribution in [0, 0.1) is 0 Å². The number of hydrogen-bond donors (Lipinski definition) is 3. The molecular weight excluding hydrogens is 260 g/mol. The van der Waals surface area contributed by atoms with Crippen LogP contribution in [0.4, 0.5) is 0 Å². The summed E-state index contributed by atoms with van der Waals surface area (Å²) in [5, 5.41) is 29.3. The van der Waals surface area contributed by atoms with Crippen molar-refractivity contribution in [3.63, 3.8) is 0 Å². The number of phenols is 2. The van der Waals surface area contributed by atoms with Gasteiger partial charge < -0.3 is 20.1 Å². The van der Waals surface area contributed by atoms with E-state index in [-0.39, 0.29) is 17.1 Å². The molecule has 0 saturated carbocycles. The molecule has 2 atom stereocenters. The van der Waals surface area contributed by atoms with Crippen molar-refractivity contribution in [3.8, 4) is 17.2 Å². The lowest BCUT2D eigenvalue weighted by molar-refractivity contribution is -0.141. The molecule has 0 aromatic heterocycles. The van der Waals surface area contributed by atoms with Gasteiger partial charge in [-0.1, -0.05) is 30.3 Å². The van der Waals surface area contributed by atoms with E-state index in [4.69, 9.17) is 4.74 Å². The maximum Gasteiger partial charge on any atom is 0.321 e. The molecule has 0 bridgehead atoms. The molecule has 0 fully saturated rings. The summed E-state index contributed by atoms with van der Waals surface area (Å²) in [6.45, 7) is 0. The van der Waals surface area contributed by atoms with Gasteiger partial charge in [0, 0.05) is 11.6 Å². The number of aliphatic hydroxyl groups excluding tert-OH is 1. The largest absolute Gasteiger partial charge is 0.504 e. The molecule has 5 nitrogen and oxygen atoms in total. The van der Waals surface area contributed by atoms with Gasteiger partial charge in [0.2, 0.25) is 0 Å². The minimum absolute atomic E-state index is 0.0602. The number of benzene rings is 2. The molecule has 3 N–H and O–H groups in total. The maximum absolute atomic E-state index is 12.0. The molecule has 0 spiro atoms. The van der Waals surface area contributed by atoms with E-state index in [1.807, 2.05) is 6.07 Å². The minimum Gasteiger partial charge on any atom is -0.504 e. The van der Waals surface area contributed by atoms with E-state index < -0.39 is 23.7 Å². The van der Waals surface area contributed by atoms with Crippen LogP contribution in [0.1, 0.15) is 23.1 Å². The average Bonchev–Trinajstić information content (AvgIpc) is 2.43. The van der Waals surface area contributed by atoms with Crippen molar-refractivity contribution in [2.24, 2.45) is 0 Å². The van der Waals surface area contributed by atoms with Crippen molar-refractivity contribution < 1.29 is 24.9 Å². The van der Waals surface area contributed by atoms with E-state index in [1.54, 1.807) is 24.3 Å². The summed E-state index contributed by atoms with van der Waals surface area (Å²) in [5.41, 5.74) is 0.900. The Labute approximate surface area is 114 Å². The predicted octanol–water partition coefficient (Wildman–Crippen LogP) is 1.83.